The van der Waals surface area contributed by atoms with Gasteiger partial charge >= 0.3 is 0 Å². The smallest absolute Gasteiger partial charge is 0.274 e. The zero-order valence-electron chi connectivity index (χ0n) is 7.09. The Morgan fingerprint density at radius 3 is 2.92 bits per heavy atom. The number of hydrogen-bond donors (Lipinski definition) is 0. The highest BCUT2D eigenvalue weighted by Crippen LogP contribution is 2.22. The van der Waals surface area contributed by atoms with Gasteiger partial charge in [0.2, 0.25) is 0 Å². The van der Waals surface area contributed by atoms with Crippen LogP contribution in [0.4, 0.5) is 8.78 Å². The van der Waals surface area contributed by atoms with Crippen molar-refractivity contribution in [3.05, 3.63) is 0 Å². The van der Waals surface area contributed by atoms with E-state index in [1.165, 1.54) is 0 Å². The van der Waals surface area contributed by atoms with E-state index >= 15 is 0 Å². The summed E-state index contributed by atoms with van der Waals surface area (Å²) < 4.78 is 23.2. The van der Waals surface area contributed by atoms with Crippen molar-refractivity contribution in [2.24, 2.45) is 11.1 Å². The molecule has 0 radical (unpaired) electrons. The highest BCUT2D eigenvalue weighted by Gasteiger charge is 2.16. The first-order valence-corrected chi connectivity index (χ1v) is 4.14. The van der Waals surface area contributed by atoms with E-state index in [2.05, 4.69) is 16.9 Å². The van der Waals surface area contributed by atoms with Crippen LogP contribution in [0, 0.1) is 5.92 Å². The van der Waals surface area contributed by atoms with Crippen LogP contribution in [0.3, 0.4) is 0 Å². The Bertz CT molecular complexity index is 170. The number of rotatable bonds is 3. The standard InChI is InChI=1S/C8H13F2NO/c1-6-2-3-7(4-6)11-12-5-8(9)10/h6,8H,2-5H2,1H3/b11-7-. The molecule has 1 unspecified atom stereocenters. The first-order chi connectivity index (χ1) is 5.68. The highest BCUT2D eigenvalue weighted by molar-refractivity contribution is 5.85. The summed E-state index contributed by atoms with van der Waals surface area (Å²) in [4.78, 5) is 4.47. The molecule has 0 saturated heterocycles. The zero-order chi connectivity index (χ0) is 8.97. The lowest BCUT2D eigenvalue weighted by Gasteiger charge is -1.99. The maximum Gasteiger partial charge on any atom is 0.274 e. The Labute approximate surface area is 70.6 Å². The van der Waals surface area contributed by atoms with E-state index in [-0.39, 0.29) is 0 Å². The molecule has 1 fully saturated rings. The van der Waals surface area contributed by atoms with E-state index in [9.17, 15) is 8.78 Å². The molecule has 0 aliphatic heterocycles. The maximum atomic E-state index is 11.6. The number of hydrogen-bond acceptors (Lipinski definition) is 2. The van der Waals surface area contributed by atoms with Gasteiger partial charge in [0.05, 0.1) is 5.71 Å². The molecule has 12 heavy (non-hydrogen) atoms. The summed E-state index contributed by atoms with van der Waals surface area (Å²) in [6.07, 6.45) is 0.456. The van der Waals surface area contributed by atoms with Crippen LogP contribution in [-0.4, -0.2) is 18.7 Å². The molecule has 0 bridgehead atoms. The summed E-state index contributed by atoms with van der Waals surface area (Å²) >= 11 is 0. The third kappa shape index (κ3) is 3.15. The summed E-state index contributed by atoms with van der Waals surface area (Å²) in [6.45, 7) is 1.54. The number of oxime groups is 1. The topological polar surface area (TPSA) is 21.6 Å². The molecule has 0 aromatic rings. The fourth-order valence-electron chi connectivity index (χ4n) is 1.29. The van der Waals surface area contributed by atoms with E-state index in [0.29, 0.717) is 5.92 Å². The monoisotopic (exact) mass is 177 g/mol. The van der Waals surface area contributed by atoms with E-state index in [1.54, 1.807) is 0 Å². The van der Waals surface area contributed by atoms with Gasteiger partial charge in [0.1, 0.15) is 0 Å². The minimum Gasteiger partial charge on any atom is -0.390 e. The van der Waals surface area contributed by atoms with E-state index < -0.39 is 13.0 Å². The Balaban J connectivity index is 2.19. The average Bonchev–Trinajstić information content (AvgIpc) is 2.35. The van der Waals surface area contributed by atoms with Gasteiger partial charge in [0.25, 0.3) is 6.43 Å². The van der Waals surface area contributed by atoms with Gasteiger partial charge in [-0.2, -0.15) is 0 Å². The SMILES string of the molecule is CC1CC/C(=N/OCC(F)F)C1. The van der Waals surface area contributed by atoms with Crippen LogP contribution in [0.2, 0.25) is 0 Å². The van der Waals surface area contributed by atoms with Crippen molar-refractivity contribution >= 4 is 5.71 Å². The number of alkyl halides is 2. The predicted octanol–water partition coefficient (Wildman–Crippen LogP) is 2.44. The van der Waals surface area contributed by atoms with Crippen LogP contribution in [0.1, 0.15) is 26.2 Å². The molecule has 1 aliphatic carbocycles. The minimum absolute atomic E-state index is 0.585. The van der Waals surface area contributed by atoms with Crippen molar-refractivity contribution in [3.8, 4) is 0 Å². The second-order valence-corrected chi connectivity index (χ2v) is 3.19. The summed E-state index contributed by atoms with van der Waals surface area (Å²) in [5, 5.41) is 3.65. The maximum absolute atomic E-state index is 11.6. The van der Waals surface area contributed by atoms with Crippen LogP contribution in [0.15, 0.2) is 5.16 Å². The molecule has 0 amide bonds. The zero-order valence-corrected chi connectivity index (χ0v) is 7.09. The Kier molecular flexibility index (Phi) is 3.44. The molecule has 70 valence electrons. The Hall–Kier alpha value is -0.670. The van der Waals surface area contributed by atoms with Crippen LogP contribution in [-0.2, 0) is 4.84 Å². The van der Waals surface area contributed by atoms with Gasteiger partial charge < -0.3 is 4.84 Å². The van der Waals surface area contributed by atoms with Gasteiger partial charge in [-0.3, -0.25) is 0 Å². The fourth-order valence-corrected chi connectivity index (χ4v) is 1.29. The third-order valence-corrected chi connectivity index (χ3v) is 1.90. The van der Waals surface area contributed by atoms with Gasteiger partial charge in [0.15, 0.2) is 6.61 Å². The van der Waals surface area contributed by atoms with Gasteiger partial charge in [-0.25, -0.2) is 8.78 Å². The summed E-state index contributed by atoms with van der Waals surface area (Å²) in [6, 6.07) is 0. The van der Waals surface area contributed by atoms with Gasteiger partial charge in [-0.05, 0) is 25.2 Å². The second kappa shape index (κ2) is 4.38. The summed E-state index contributed by atoms with van der Waals surface area (Å²) in [5.41, 5.74) is 0.920. The first kappa shape index (κ1) is 9.42. The van der Waals surface area contributed by atoms with Crippen molar-refractivity contribution in [1.29, 1.82) is 0 Å². The van der Waals surface area contributed by atoms with Crippen LogP contribution < -0.4 is 0 Å². The first-order valence-electron chi connectivity index (χ1n) is 4.14. The molecule has 0 N–H and O–H groups in total. The summed E-state index contributed by atoms with van der Waals surface area (Å²) in [5.74, 6) is 0.624. The largest absolute Gasteiger partial charge is 0.390 e. The van der Waals surface area contributed by atoms with E-state index in [4.69, 9.17) is 0 Å². The lowest BCUT2D eigenvalue weighted by molar-refractivity contribution is 0.0199. The molecular weight excluding hydrogens is 164 g/mol. The molecule has 1 rings (SSSR count). The molecule has 0 heterocycles. The molecular formula is C8H13F2NO. The molecule has 1 saturated carbocycles. The molecule has 2 nitrogen and oxygen atoms in total. The Morgan fingerprint density at radius 1 is 1.67 bits per heavy atom. The molecule has 1 atom stereocenters. The van der Waals surface area contributed by atoms with Crippen molar-refractivity contribution in [1.82, 2.24) is 0 Å². The molecule has 0 spiro atoms. The van der Waals surface area contributed by atoms with Gasteiger partial charge in [-0.15, -0.1) is 0 Å². The minimum atomic E-state index is -2.42. The van der Waals surface area contributed by atoms with E-state index in [0.717, 1.165) is 25.0 Å². The molecule has 1 aliphatic rings. The Morgan fingerprint density at radius 2 is 2.42 bits per heavy atom. The highest BCUT2D eigenvalue weighted by atomic mass is 19.3. The van der Waals surface area contributed by atoms with Gasteiger partial charge in [-0.1, -0.05) is 12.1 Å². The van der Waals surface area contributed by atoms with Crippen LogP contribution >= 0.6 is 0 Å². The normalized spacial score (nSPS) is 27.0. The van der Waals surface area contributed by atoms with Crippen molar-refractivity contribution in [3.63, 3.8) is 0 Å². The van der Waals surface area contributed by atoms with Crippen molar-refractivity contribution < 1.29 is 13.6 Å². The predicted molar refractivity (Wildman–Crippen MR) is 42.4 cm³/mol. The van der Waals surface area contributed by atoms with Crippen molar-refractivity contribution in [2.75, 3.05) is 6.61 Å². The third-order valence-electron chi connectivity index (χ3n) is 1.90. The van der Waals surface area contributed by atoms with Gasteiger partial charge in [0, 0.05) is 0 Å². The van der Waals surface area contributed by atoms with Crippen LogP contribution in [0.25, 0.3) is 0 Å². The second-order valence-electron chi connectivity index (χ2n) is 3.19. The molecule has 0 aromatic heterocycles. The fraction of sp³-hybridized carbons (Fsp3) is 0.875. The lowest BCUT2D eigenvalue weighted by atomic mass is 10.1. The van der Waals surface area contributed by atoms with Crippen LogP contribution in [0.5, 0.6) is 0 Å². The molecule has 0 aromatic carbocycles. The number of nitrogens with zero attached hydrogens (tertiary/aromatic N) is 1. The quantitative estimate of drug-likeness (QED) is 0.607. The molecule has 4 heteroatoms. The lowest BCUT2D eigenvalue weighted by Crippen LogP contribution is -2.02. The number of halogens is 2. The summed E-state index contributed by atoms with van der Waals surface area (Å²) in [7, 11) is 0. The average molecular weight is 177 g/mol. The van der Waals surface area contributed by atoms with E-state index in [1.807, 2.05) is 0 Å². The van der Waals surface area contributed by atoms with Crippen molar-refractivity contribution in [2.45, 2.75) is 32.6 Å².